The predicted molar refractivity (Wildman–Crippen MR) is 156 cm³/mol. The van der Waals surface area contributed by atoms with Crippen LogP contribution in [0.1, 0.15) is 91.9 Å². The molecule has 42 heavy (non-hydrogen) atoms. The normalized spacial score (nSPS) is 56.3. The largest absolute Gasteiger partial charge is 0.394 e. The fourth-order valence-electron chi connectivity index (χ4n) is 11.3. The molecule has 6 fully saturated rings. The molecular formula is C33H57NO8. The summed E-state index contributed by atoms with van der Waals surface area (Å²) in [5.74, 6) is 2.27. The Hall–Kier alpha value is -0.360. The third-order valence-electron chi connectivity index (χ3n) is 13.8. The van der Waals surface area contributed by atoms with E-state index in [0.717, 1.165) is 24.2 Å². The van der Waals surface area contributed by atoms with E-state index in [1.54, 1.807) is 0 Å². The summed E-state index contributed by atoms with van der Waals surface area (Å²) < 4.78 is 17.9. The molecule has 4 saturated carbocycles. The second kappa shape index (κ2) is 11.5. The monoisotopic (exact) mass is 595 g/mol. The van der Waals surface area contributed by atoms with Gasteiger partial charge in [0.25, 0.3) is 0 Å². The van der Waals surface area contributed by atoms with Crippen LogP contribution in [0.5, 0.6) is 0 Å². The first-order valence-corrected chi connectivity index (χ1v) is 16.9. The number of fused-ring (bicyclic) bond motifs is 7. The second-order valence-electron chi connectivity index (χ2n) is 16.0. The average Bonchev–Trinajstić information content (AvgIpc) is 3.39. The molecule has 2 heterocycles. The van der Waals surface area contributed by atoms with Crippen molar-refractivity contribution in [2.45, 2.75) is 141 Å². The zero-order valence-electron chi connectivity index (χ0n) is 26.1. The van der Waals surface area contributed by atoms with Gasteiger partial charge in [0.05, 0.1) is 19.3 Å². The number of ether oxygens (including phenoxy) is 3. The summed E-state index contributed by atoms with van der Waals surface area (Å²) in [7, 11) is 0. The summed E-state index contributed by atoms with van der Waals surface area (Å²) in [6, 6.07) is 0.383. The molecule has 242 valence electrons. The first-order valence-electron chi connectivity index (χ1n) is 16.9. The molecule has 9 nitrogen and oxygen atoms in total. The van der Waals surface area contributed by atoms with Gasteiger partial charge in [0.2, 0.25) is 0 Å². The van der Waals surface area contributed by atoms with Crippen LogP contribution in [0.2, 0.25) is 0 Å². The molecule has 0 aromatic carbocycles. The van der Waals surface area contributed by atoms with Crippen LogP contribution in [-0.2, 0) is 14.2 Å². The van der Waals surface area contributed by atoms with Crippen LogP contribution in [0.25, 0.3) is 0 Å². The molecule has 7 N–H and O–H groups in total. The summed E-state index contributed by atoms with van der Waals surface area (Å²) in [5, 5.41) is 51.6. The van der Waals surface area contributed by atoms with Gasteiger partial charge in [0.15, 0.2) is 12.1 Å². The van der Waals surface area contributed by atoms with Crippen LogP contribution < -0.4 is 5.73 Å². The van der Waals surface area contributed by atoms with Crippen LogP contribution in [-0.4, -0.2) is 87.4 Å². The number of hydrogen-bond donors (Lipinski definition) is 6. The average molecular weight is 596 g/mol. The fraction of sp³-hybridized carbons (Fsp3) is 1.00. The lowest BCUT2D eigenvalue weighted by Gasteiger charge is -2.61. The third-order valence-corrected chi connectivity index (χ3v) is 13.8. The van der Waals surface area contributed by atoms with E-state index in [2.05, 4.69) is 20.8 Å². The standard InChI is InChI=1S/C33H57NO8/c1-17(16-40-30-29(38)28(37)27(36)25(15-35)41-30)7-12-33(39)18(2)26-24(42-33)14-23-21-6-5-19-13-20(34)8-10-31(19,3)22(21)9-11-32(23,26)4/h17-30,35-39H,5-16,34H2,1-4H3/t17-,18?,19?,20+,21?,22?,23?,24?,25-,26?,27-,28+,29-,30-,31+,32+,33?/m1/s1. The molecule has 0 aromatic heterocycles. The van der Waals surface area contributed by atoms with Gasteiger partial charge in [-0.1, -0.05) is 27.7 Å². The Morgan fingerprint density at radius 2 is 1.69 bits per heavy atom. The van der Waals surface area contributed by atoms with E-state index in [1.807, 2.05) is 6.92 Å². The van der Waals surface area contributed by atoms with Crippen molar-refractivity contribution in [1.29, 1.82) is 0 Å². The van der Waals surface area contributed by atoms with Gasteiger partial charge >= 0.3 is 0 Å². The van der Waals surface area contributed by atoms with Crippen LogP contribution in [0.4, 0.5) is 0 Å². The van der Waals surface area contributed by atoms with E-state index in [4.69, 9.17) is 19.9 Å². The van der Waals surface area contributed by atoms with Crippen molar-refractivity contribution in [3.05, 3.63) is 0 Å². The number of nitrogens with two attached hydrogens (primary N) is 1. The molecule has 6 rings (SSSR count). The lowest BCUT2D eigenvalue weighted by Crippen LogP contribution is -2.59. The minimum Gasteiger partial charge on any atom is -0.394 e. The van der Waals surface area contributed by atoms with Crippen molar-refractivity contribution in [3.8, 4) is 0 Å². The lowest BCUT2D eigenvalue weighted by molar-refractivity contribution is -0.303. The SMILES string of the molecule is CC1C2C(CC3C4CCC5C[C@@H](N)CC[C@]5(C)C4CC[C@@]32C)OC1(O)CC[C@@H](C)CO[C@@H]1O[C@H](CO)[C@@H](O)[C@H](O)[C@H]1O. The molecule has 0 spiro atoms. The molecule has 9 heteroatoms. The molecule has 17 atom stereocenters. The molecule has 0 aromatic rings. The number of rotatable bonds is 7. The van der Waals surface area contributed by atoms with Crippen LogP contribution >= 0.6 is 0 Å². The molecule has 0 amide bonds. The third kappa shape index (κ3) is 5.01. The Morgan fingerprint density at radius 3 is 2.43 bits per heavy atom. The number of hydrogen-bond acceptors (Lipinski definition) is 9. The maximum absolute atomic E-state index is 11.8. The second-order valence-corrected chi connectivity index (χ2v) is 16.0. The van der Waals surface area contributed by atoms with Crippen molar-refractivity contribution in [2.75, 3.05) is 13.2 Å². The Labute approximate surface area is 251 Å². The Balaban J connectivity index is 1.05. The van der Waals surface area contributed by atoms with Crippen molar-refractivity contribution in [1.82, 2.24) is 0 Å². The minimum atomic E-state index is -1.46. The lowest BCUT2D eigenvalue weighted by atomic mass is 9.44. The van der Waals surface area contributed by atoms with E-state index >= 15 is 0 Å². The Morgan fingerprint density at radius 1 is 0.952 bits per heavy atom. The highest BCUT2D eigenvalue weighted by Gasteiger charge is 2.68. The molecule has 0 bridgehead atoms. The van der Waals surface area contributed by atoms with Gasteiger partial charge in [-0.2, -0.15) is 0 Å². The highest BCUT2D eigenvalue weighted by Crippen LogP contribution is 2.70. The first-order chi connectivity index (χ1) is 19.8. The van der Waals surface area contributed by atoms with Crippen molar-refractivity contribution < 1.29 is 39.7 Å². The summed E-state index contributed by atoms with van der Waals surface area (Å²) in [4.78, 5) is 0. The zero-order chi connectivity index (χ0) is 30.2. The Bertz CT molecular complexity index is 968. The smallest absolute Gasteiger partial charge is 0.186 e. The van der Waals surface area contributed by atoms with Crippen molar-refractivity contribution >= 4 is 0 Å². The molecule has 2 aliphatic heterocycles. The van der Waals surface area contributed by atoms with Crippen molar-refractivity contribution in [3.63, 3.8) is 0 Å². The van der Waals surface area contributed by atoms with Gasteiger partial charge in [0, 0.05) is 18.4 Å². The maximum Gasteiger partial charge on any atom is 0.186 e. The predicted octanol–water partition coefficient (Wildman–Crippen LogP) is 2.54. The molecule has 2 saturated heterocycles. The topological polar surface area (TPSA) is 155 Å². The Kier molecular flexibility index (Phi) is 8.63. The van der Waals surface area contributed by atoms with E-state index in [-0.39, 0.29) is 30.0 Å². The van der Waals surface area contributed by atoms with Crippen LogP contribution in [0, 0.1) is 52.3 Å². The molecule has 0 radical (unpaired) electrons. The zero-order valence-corrected chi connectivity index (χ0v) is 26.1. The van der Waals surface area contributed by atoms with Crippen molar-refractivity contribution in [2.24, 2.45) is 58.0 Å². The molecular weight excluding hydrogens is 538 g/mol. The summed E-state index contributed by atoms with van der Waals surface area (Å²) in [6.07, 6.45) is 4.75. The highest BCUT2D eigenvalue weighted by molar-refractivity contribution is 5.15. The van der Waals surface area contributed by atoms with Gasteiger partial charge in [-0.15, -0.1) is 0 Å². The van der Waals surface area contributed by atoms with E-state index in [1.165, 1.54) is 44.9 Å². The van der Waals surface area contributed by atoms with Gasteiger partial charge < -0.3 is 45.5 Å². The molecule has 6 aliphatic rings. The van der Waals surface area contributed by atoms with Crippen LogP contribution in [0.3, 0.4) is 0 Å². The highest BCUT2D eigenvalue weighted by atomic mass is 16.7. The van der Waals surface area contributed by atoms with Gasteiger partial charge in [-0.25, -0.2) is 0 Å². The quantitative estimate of drug-likeness (QED) is 0.261. The first kappa shape index (κ1) is 31.6. The summed E-state index contributed by atoms with van der Waals surface area (Å²) in [5.41, 5.74) is 7.03. The number of aliphatic hydroxyl groups excluding tert-OH is 4. The molecule has 4 aliphatic carbocycles. The van der Waals surface area contributed by atoms with Gasteiger partial charge in [-0.05, 0) is 104 Å². The van der Waals surface area contributed by atoms with E-state index in [9.17, 15) is 25.5 Å². The van der Waals surface area contributed by atoms with E-state index < -0.39 is 43.1 Å². The van der Waals surface area contributed by atoms with Crippen LogP contribution in [0.15, 0.2) is 0 Å². The summed E-state index contributed by atoms with van der Waals surface area (Å²) in [6.45, 7) is 9.06. The summed E-state index contributed by atoms with van der Waals surface area (Å²) >= 11 is 0. The minimum absolute atomic E-state index is 0.0379. The molecule has 8 unspecified atom stereocenters. The van der Waals surface area contributed by atoms with E-state index in [0.29, 0.717) is 36.1 Å². The number of aliphatic hydroxyl groups is 5. The maximum atomic E-state index is 11.8. The van der Waals surface area contributed by atoms with Gasteiger partial charge in [0.1, 0.15) is 24.4 Å². The van der Waals surface area contributed by atoms with Gasteiger partial charge in [-0.3, -0.25) is 0 Å². The fourth-order valence-corrected chi connectivity index (χ4v) is 11.3.